The van der Waals surface area contributed by atoms with Crippen LogP contribution in [0.15, 0.2) is 40.1 Å². The molecular formula is C14H15NO2S2. The number of hydrogen-bond donors (Lipinski definition) is 2. The minimum Gasteiger partial charge on any atom is -0.396 e. The maximum Gasteiger partial charge on any atom is 0.257 e. The standard InChI is InChI=1S/C14H15NO2S2/c16-7-3-6-15-14(17)12-8-11-13(19-12)9-4-1-2-5-10(9)18-11/h1-2,4-5,8,11,13,16H,3,6-7H2,(H,15,17). The van der Waals surface area contributed by atoms with Gasteiger partial charge in [0.2, 0.25) is 0 Å². The average molecular weight is 293 g/mol. The van der Waals surface area contributed by atoms with E-state index in [1.165, 1.54) is 10.5 Å². The van der Waals surface area contributed by atoms with Crippen LogP contribution in [0, 0.1) is 0 Å². The number of thioether (sulfide) groups is 2. The smallest absolute Gasteiger partial charge is 0.257 e. The highest BCUT2D eigenvalue weighted by atomic mass is 32.2. The van der Waals surface area contributed by atoms with E-state index in [1.807, 2.05) is 11.8 Å². The first-order chi connectivity index (χ1) is 9.29. The molecule has 2 unspecified atom stereocenters. The van der Waals surface area contributed by atoms with Crippen molar-refractivity contribution in [2.24, 2.45) is 0 Å². The molecular weight excluding hydrogens is 278 g/mol. The van der Waals surface area contributed by atoms with Crippen LogP contribution in [0.1, 0.15) is 17.2 Å². The maximum atomic E-state index is 12.0. The number of amides is 1. The van der Waals surface area contributed by atoms with Crippen LogP contribution in [0.25, 0.3) is 0 Å². The Labute approximate surface area is 120 Å². The highest BCUT2D eigenvalue weighted by Gasteiger charge is 2.39. The molecule has 3 rings (SSSR count). The summed E-state index contributed by atoms with van der Waals surface area (Å²) in [4.78, 5) is 14.1. The molecule has 0 radical (unpaired) electrons. The molecule has 0 aliphatic carbocycles. The molecule has 2 atom stereocenters. The molecule has 1 amide bonds. The number of aliphatic hydroxyl groups excluding tert-OH is 1. The molecule has 2 heterocycles. The zero-order valence-electron chi connectivity index (χ0n) is 10.3. The highest BCUT2D eigenvalue weighted by molar-refractivity contribution is 8.07. The summed E-state index contributed by atoms with van der Waals surface area (Å²) in [5.74, 6) is -0.00840. The third kappa shape index (κ3) is 2.55. The second-order valence-electron chi connectivity index (χ2n) is 4.52. The number of hydrogen-bond acceptors (Lipinski definition) is 4. The van der Waals surface area contributed by atoms with Gasteiger partial charge < -0.3 is 10.4 Å². The zero-order chi connectivity index (χ0) is 13.2. The van der Waals surface area contributed by atoms with Crippen molar-refractivity contribution in [2.75, 3.05) is 13.2 Å². The van der Waals surface area contributed by atoms with Crippen molar-refractivity contribution < 1.29 is 9.90 Å². The number of carbonyl (C=O) groups is 1. The third-order valence-corrected chi connectivity index (χ3v) is 6.06. The van der Waals surface area contributed by atoms with Crippen LogP contribution in [-0.4, -0.2) is 29.4 Å². The zero-order valence-corrected chi connectivity index (χ0v) is 12.0. The van der Waals surface area contributed by atoms with E-state index in [9.17, 15) is 4.79 Å². The van der Waals surface area contributed by atoms with Gasteiger partial charge in [0.05, 0.1) is 10.2 Å². The first-order valence-corrected chi connectivity index (χ1v) is 8.08. The van der Waals surface area contributed by atoms with Gasteiger partial charge in [-0.25, -0.2) is 0 Å². The number of aliphatic hydroxyl groups is 1. The number of carbonyl (C=O) groups excluding carboxylic acids is 1. The van der Waals surface area contributed by atoms with Crippen molar-refractivity contribution >= 4 is 29.4 Å². The quantitative estimate of drug-likeness (QED) is 0.837. The lowest BCUT2D eigenvalue weighted by Gasteiger charge is -2.09. The van der Waals surface area contributed by atoms with Crippen LogP contribution in [-0.2, 0) is 4.79 Å². The fraction of sp³-hybridized carbons (Fsp3) is 0.357. The molecule has 2 aliphatic heterocycles. The van der Waals surface area contributed by atoms with E-state index in [0.717, 1.165) is 4.91 Å². The lowest BCUT2D eigenvalue weighted by molar-refractivity contribution is -0.116. The predicted molar refractivity (Wildman–Crippen MR) is 79.2 cm³/mol. The van der Waals surface area contributed by atoms with E-state index in [-0.39, 0.29) is 12.5 Å². The van der Waals surface area contributed by atoms with Gasteiger partial charge in [0.15, 0.2) is 0 Å². The Bertz CT molecular complexity index is 530. The molecule has 0 saturated heterocycles. The second-order valence-corrected chi connectivity index (χ2v) is 6.93. The minimum absolute atomic E-state index is 0.00840. The largest absolute Gasteiger partial charge is 0.396 e. The van der Waals surface area contributed by atoms with Gasteiger partial charge in [0.1, 0.15) is 0 Å². The van der Waals surface area contributed by atoms with Gasteiger partial charge in [0.25, 0.3) is 5.91 Å². The van der Waals surface area contributed by atoms with Crippen molar-refractivity contribution in [3.8, 4) is 0 Å². The fourth-order valence-electron chi connectivity index (χ4n) is 2.28. The van der Waals surface area contributed by atoms with E-state index in [4.69, 9.17) is 5.11 Å². The lowest BCUT2D eigenvalue weighted by atomic mass is 10.1. The summed E-state index contributed by atoms with van der Waals surface area (Å²) in [5.41, 5.74) is 1.34. The molecule has 2 aliphatic rings. The van der Waals surface area contributed by atoms with E-state index < -0.39 is 0 Å². The number of nitrogens with one attached hydrogen (secondary N) is 1. The minimum atomic E-state index is -0.00840. The van der Waals surface area contributed by atoms with Crippen LogP contribution >= 0.6 is 23.5 Å². The molecule has 2 N–H and O–H groups in total. The topological polar surface area (TPSA) is 49.3 Å². The SMILES string of the molecule is O=C(NCCCO)C1=CC2Sc3ccccc3C2S1. The molecule has 5 heteroatoms. The van der Waals surface area contributed by atoms with Crippen LogP contribution < -0.4 is 5.32 Å². The van der Waals surface area contributed by atoms with E-state index in [1.54, 1.807) is 11.8 Å². The van der Waals surface area contributed by atoms with Gasteiger partial charge in [-0.05, 0) is 18.1 Å². The van der Waals surface area contributed by atoms with Gasteiger partial charge in [-0.15, -0.1) is 23.5 Å². The Hall–Kier alpha value is -0.910. The monoisotopic (exact) mass is 293 g/mol. The Morgan fingerprint density at radius 1 is 1.32 bits per heavy atom. The Balaban J connectivity index is 1.66. The van der Waals surface area contributed by atoms with Gasteiger partial charge in [-0.2, -0.15) is 0 Å². The summed E-state index contributed by atoms with van der Waals surface area (Å²) < 4.78 is 0. The molecule has 0 bridgehead atoms. The van der Waals surface area contributed by atoms with E-state index in [2.05, 4.69) is 35.7 Å². The van der Waals surface area contributed by atoms with Gasteiger partial charge >= 0.3 is 0 Å². The van der Waals surface area contributed by atoms with Crippen molar-refractivity contribution in [3.63, 3.8) is 0 Å². The molecule has 0 aromatic heterocycles. The summed E-state index contributed by atoms with van der Waals surface area (Å²) in [7, 11) is 0. The Morgan fingerprint density at radius 2 is 2.16 bits per heavy atom. The maximum absolute atomic E-state index is 12.0. The molecule has 19 heavy (non-hydrogen) atoms. The van der Waals surface area contributed by atoms with E-state index >= 15 is 0 Å². The Kier molecular flexibility index (Phi) is 3.86. The number of fused-ring (bicyclic) bond motifs is 3. The molecule has 1 aromatic carbocycles. The lowest BCUT2D eigenvalue weighted by Crippen LogP contribution is -2.25. The number of rotatable bonds is 4. The average Bonchev–Trinajstić information content (AvgIpc) is 2.96. The molecule has 0 saturated carbocycles. The van der Waals surface area contributed by atoms with E-state index in [0.29, 0.717) is 23.5 Å². The summed E-state index contributed by atoms with van der Waals surface area (Å²) in [6.07, 6.45) is 2.68. The van der Waals surface area contributed by atoms with Gasteiger partial charge in [0, 0.05) is 23.3 Å². The van der Waals surface area contributed by atoms with Crippen molar-refractivity contribution in [3.05, 3.63) is 40.8 Å². The van der Waals surface area contributed by atoms with Gasteiger partial charge in [-0.1, -0.05) is 24.3 Å². The molecule has 100 valence electrons. The first-order valence-electron chi connectivity index (χ1n) is 6.32. The summed E-state index contributed by atoms with van der Waals surface area (Å²) in [6.45, 7) is 0.646. The van der Waals surface area contributed by atoms with Crippen LogP contribution in [0.2, 0.25) is 0 Å². The van der Waals surface area contributed by atoms with Crippen molar-refractivity contribution in [1.29, 1.82) is 0 Å². The summed E-state index contributed by atoms with van der Waals surface area (Å²) >= 11 is 3.49. The van der Waals surface area contributed by atoms with Gasteiger partial charge in [-0.3, -0.25) is 4.79 Å². The first kappa shape index (κ1) is 13.1. The Morgan fingerprint density at radius 3 is 3.00 bits per heavy atom. The second kappa shape index (κ2) is 5.61. The third-order valence-electron chi connectivity index (χ3n) is 3.20. The van der Waals surface area contributed by atoms with Crippen LogP contribution in [0.3, 0.4) is 0 Å². The molecule has 0 spiro atoms. The van der Waals surface area contributed by atoms with Crippen LogP contribution in [0.4, 0.5) is 0 Å². The van der Waals surface area contributed by atoms with Crippen LogP contribution in [0.5, 0.6) is 0 Å². The fourth-order valence-corrected chi connectivity index (χ4v) is 5.26. The molecule has 0 fully saturated rings. The number of benzene rings is 1. The predicted octanol–water partition coefficient (Wildman–Crippen LogP) is 2.33. The van der Waals surface area contributed by atoms with Crippen molar-refractivity contribution in [1.82, 2.24) is 5.32 Å². The normalized spacial score (nSPS) is 23.7. The summed E-state index contributed by atoms with van der Waals surface area (Å²) in [6, 6.07) is 8.42. The highest BCUT2D eigenvalue weighted by Crippen LogP contribution is 2.57. The van der Waals surface area contributed by atoms with Crippen molar-refractivity contribution in [2.45, 2.75) is 21.8 Å². The molecule has 3 nitrogen and oxygen atoms in total. The summed E-state index contributed by atoms with van der Waals surface area (Å²) in [5, 5.41) is 12.3. The molecule has 1 aromatic rings.